The summed E-state index contributed by atoms with van der Waals surface area (Å²) in [7, 11) is 3.70. The van der Waals surface area contributed by atoms with Crippen molar-refractivity contribution in [2.75, 3.05) is 0 Å². The van der Waals surface area contributed by atoms with E-state index < -0.39 is 0 Å². The van der Waals surface area contributed by atoms with Gasteiger partial charge in [0.15, 0.2) is 5.82 Å². The van der Waals surface area contributed by atoms with Crippen LogP contribution in [0.5, 0.6) is 0 Å². The van der Waals surface area contributed by atoms with Crippen molar-refractivity contribution in [1.29, 1.82) is 0 Å². The van der Waals surface area contributed by atoms with E-state index in [4.69, 9.17) is 4.42 Å². The predicted molar refractivity (Wildman–Crippen MR) is 274 cm³/mol. The first-order valence-corrected chi connectivity index (χ1v) is 23.3. The van der Waals surface area contributed by atoms with Crippen molar-refractivity contribution in [1.82, 2.24) is 116 Å². The molecule has 0 amide bonds. The lowest BCUT2D eigenvalue weighted by Gasteiger charge is -1.74. The van der Waals surface area contributed by atoms with E-state index in [2.05, 4.69) is 111 Å². The summed E-state index contributed by atoms with van der Waals surface area (Å²) in [5.41, 5.74) is 1.11. The molecule has 9 aromatic heterocycles. The van der Waals surface area contributed by atoms with E-state index in [1.54, 1.807) is 73.5 Å². The van der Waals surface area contributed by atoms with Gasteiger partial charge in [0.05, 0.1) is 0 Å². The largest absolute Gasteiger partial charge is 0.426 e. The molecule has 0 aliphatic rings. The lowest BCUT2D eigenvalue weighted by atomic mass is 10.5. The molecule has 0 aliphatic carbocycles. The Hall–Kier alpha value is -7.25. The fourth-order valence-electron chi connectivity index (χ4n) is 2.84. The Kier molecular flexibility index (Phi) is 60.4. The summed E-state index contributed by atoms with van der Waals surface area (Å²) in [5.74, 6) is 5.13. The smallest absolute Gasteiger partial charge is 0.223 e. The Morgan fingerprint density at radius 1 is 0.493 bits per heavy atom. The highest BCUT2D eigenvalue weighted by atomic mass is 32.1. The summed E-state index contributed by atoms with van der Waals surface area (Å²) in [4.78, 5) is 18.8. The predicted octanol–water partition coefficient (Wildman–Crippen LogP) is 9.37. The minimum atomic E-state index is 0.623. The lowest BCUT2D eigenvalue weighted by Crippen LogP contribution is -1.83. The molecular weight excluding hydrogens is 903 g/mol. The average molecular weight is 988 g/mol. The van der Waals surface area contributed by atoms with Crippen LogP contribution in [-0.2, 0) is 14.1 Å². The molecule has 69 heavy (non-hydrogen) atoms. The molecule has 0 saturated carbocycles. The molecule has 0 unspecified atom stereocenters. The van der Waals surface area contributed by atoms with Crippen LogP contribution in [0.3, 0.4) is 0 Å². The maximum absolute atomic E-state index is 4.86. The summed E-state index contributed by atoms with van der Waals surface area (Å²) in [6.45, 7) is 42.5. The Balaban J connectivity index is -0.000000157. The second-order valence-electron chi connectivity index (χ2n) is 10.7. The summed E-state index contributed by atoms with van der Waals surface area (Å²) in [6.07, 6.45) is 12.6. The van der Waals surface area contributed by atoms with E-state index in [1.165, 1.54) is 25.3 Å². The number of rotatable bonds is 0. The third-order valence-electron chi connectivity index (χ3n) is 5.20. The van der Waals surface area contributed by atoms with Crippen LogP contribution in [0, 0.1) is 69.2 Å². The van der Waals surface area contributed by atoms with Crippen molar-refractivity contribution in [3.8, 4) is 0 Å². The van der Waals surface area contributed by atoms with E-state index >= 15 is 0 Å². The van der Waals surface area contributed by atoms with Crippen LogP contribution in [-0.4, -0.2) is 116 Å². The third-order valence-corrected chi connectivity index (χ3v) is 5.95. The van der Waals surface area contributed by atoms with E-state index in [-0.39, 0.29) is 0 Å². The van der Waals surface area contributed by atoms with Crippen LogP contribution >= 0.6 is 11.3 Å². The Morgan fingerprint density at radius 3 is 1.01 bits per heavy atom. The number of hydrogen-bond donors (Lipinski definition) is 4. The van der Waals surface area contributed by atoms with E-state index in [1.807, 2.05) is 145 Å². The SMILES string of the molecule is CC.CC.CC.CC.CC.CC.Cc1ccn[nH]1.Cc1ncn[nH]1.Cc1ncn[nH]1.Cc1ncn[nH]1.Cc1nnc(C)o1.Cc1nnc(C)s1.Cc1noc(C)n1.Cn1cncn1.Cn1cnnc1. The van der Waals surface area contributed by atoms with Gasteiger partial charge in [0.25, 0.3) is 0 Å². The average Bonchev–Trinajstić information content (AvgIpc) is 4.20. The van der Waals surface area contributed by atoms with Gasteiger partial charge >= 0.3 is 0 Å². The molecule has 390 valence electrons. The first kappa shape index (κ1) is 73.3. The summed E-state index contributed by atoms with van der Waals surface area (Å²) >= 11 is 1.62. The number of H-pyrrole nitrogens is 4. The van der Waals surface area contributed by atoms with Crippen LogP contribution in [0.15, 0.2) is 65.5 Å². The van der Waals surface area contributed by atoms with Gasteiger partial charge in [-0.1, -0.05) is 88.2 Å². The number of nitrogens with zero attached hydrogens (tertiary/aromatic N) is 19. The van der Waals surface area contributed by atoms with E-state index in [0.717, 1.165) is 33.2 Å². The molecule has 25 nitrogen and oxygen atoms in total. The summed E-state index contributed by atoms with van der Waals surface area (Å²) in [6, 6.07) is 1.92. The topological polar surface area (TPSA) is 318 Å². The molecule has 0 atom stereocenters. The fraction of sp³-hybridized carbons (Fsp3) is 0.558. The normalized spacial score (nSPS) is 8.00. The number of hydrogen-bond acceptors (Lipinski definition) is 20. The molecule has 0 aliphatic heterocycles. The molecule has 9 aromatic rings. The van der Waals surface area contributed by atoms with Crippen LogP contribution in [0.2, 0.25) is 0 Å². The molecule has 0 bridgehead atoms. The standard InChI is InChI=1S/2C4H6N2O.C4H6N2S.C4H6N2.5C3H5N3.6C2H6/c1-3-5-6-4(2)7-3;1-3-5-4(2)7-6-3;1-3-5-6-4(2)7-3;1-4-2-3-5-6-4;1-6-2-4-5-3-6;1-6-3-4-2-5-6;3*1-3-4-2-5-6-3;6*1-2/h3*1-2H3;2-3H,1H3,(H,5,6);2*2-3H,1H3;3*2H,1H3,(H,4,5,6);6*1-2H3. The molecule has 4 N–H and O–H groups in total. The van der Waals surface area contributed by atoms with E-state index in [0.29, 0.717) is 23.5 Å². The second kappa shape index (κ2) is 56.9. The quantitative estimate of drug-likeness (QED) is 0.110. The third kappa shape index (κ3) is 55.0. The molecule has 0 spiro atoms. The van der Waals surface area contributed by atoms with Gasteiger partial charge in [-0.15, -0.1) is 41.9 Å². The van der Waals surface area contributed by atoms with Gasteiger partial charge in [-0.25, -0.2) is 19.9 Å². The lowest BCUT2D eigenvalue weighted by molar-refractivity contribution is 0.389. The minimum absolute atomic E-state index is 0.623. The fourth-order valence-corrected chi connectivity index (χ4v) is 3.43. The zero-order chi connectivity index (χ0) is 54.3. The highest BCUT2D eigenvalue weighted by molar-refractivity contribution is 7.11. The van der Waals surface area contributed by atoms with Crippen molar-refractivity contribution in [3.05, 3.63) is 113 Å². The molecule has 0 fully saturated rings. The minimum Gasteiger partial charge on any atom is -0.426 e. The van der Waals surface area contributed by atoms with Crippen molar-refractivity contribution in [2.45, 2.75) is 152 Å². The van der Waals surface area contributed by atoms with Crippen molar-refractivity contribution < 1.29 is 8.94 Å². The highest BCUT2D eigenvalue weighted by Gasteiger charge is 1.91. The van der Waals surface area contributed by atoms with Gasteiger partial charge in [-0.2, -0.15) is 30.5 Å². The first-order valence-electron chi connectivity index (χ1n) is 22.5. The summed E-state index contributed by atoms with van der Waals surface area (Å²) < 4.78 is 12.9. The van der Waals surface area contributed by atoms with Gasteiger partial charge < -0.3 is 13.5 Å². The maximum atomic E-state index is 4.86. The van der Waals surface area contributed by atoms with E-state index in [9.17, 15) is 0 Å². The zero-order valence-electron chi connectivity index (χ0n) is 45.9. The molecular formula is C43H85N23O2S. The molecule has 26 heteroatoms. The number of aromatic nitrogens is 23. The summed E-state index contributed by atoms with van der Waals surface area (Å²) in [5, 5.41) is 56.3. The number of aryl methyl sites for hydroxylation is 12. The molecule has 9 rings (SSSR count). The maximum Gasteiger partial charge on any atom is 0.223 e. The Morgan fingerprint density at radius 2 is 0.913 bits per heavy atom. The Labute approximate surface area is 414 Å². The van der Waals surface area contributed by atoms with Crippen molar-refractivity contribution in [2.24, 2.45) is 14.1 Å². The second-order valence-corrected chi connectivity index (χ2v) is 12.1. The molecule has 0 saturated heterocycles. The van der Waals surface area contributed by atoms with Gasteiger partial charge in [0.2, 0.25) is 17.7 Å². The zero-order valence-corrected chi connectivity index (χ0v) is 46.7. The Bertz CT molecular complexity index is 1740. The van der Waals surface area contributed by atoms with Gasteiger partial charge in [-0.05, 0) is 54.5 Å². The van der Waals surface area contributed by atoms with Gasteiger partial charge in [0.1, 0.15) is 71.8 Å². The van der Waals surface area contributed by atoms with Crippen LogP contribution < -0.4 is 0 Å². The number of aromatic amines is 4. The first-order chi connectivity index (χ1) is 33.2. The molecule has 0 aromatic carbocycles. The van der Waals surface area contributed by atoms with Crippen LogP contribution in [0.1, 0.15) is 140 Å². The highest BCUT2D eigenvalue weighted by Crippen LogP contribution is 2.04. The van der Waals surface area contributed by atoms with Gasteiger partial charge in [0, 0.05) is 46.8 Å². The van der Waals surface area contributed by atoms with Crippen LogP contribution in [0.4, 0.5) is 0 Å². The molecule has 0 radical (unpaired) electrons. The van der Waals surface area contributed by atoms with Gasteiger partial charge in [-0.3, -0.25) is 25.1 Å². The van der Waals surface area contributed by atoms with Crippen LogP contribution in [0.25, 0.3) is 0 Å². The van der Waals surface area contributed by atoms with Crippen molar-refractivity contribution in [3.63, 3.8) is 0 Å². The molecule has 9 heterocycles. The monoisotopic (exact) mass is 988 g/mol. The number of nitrogens with one attached hydrogen (secondary N) is 4. The van der Waals surface area contributed by atoms with Crippen molar-refractivity contribution >= 4 is 11.3 Å².